The zero-order valence-corrected chi connectivity index (χ0v) is 80.8. The molecule has 23 heteroatoms. The molecule has 0 saturated carbocycles. The number of unbranched alkanes of at least 4 members (excludes halogenated alkanes) is 4. The van der Waals surface area contributed by atoms with Crippen LogP contribution in [0.3, 0.4) is 0 Å². The largest absolute Gasteiger partial charge is 2.00 e. The molecule has 0 atom stereocenters. The number of rotatable bonds is 19. The van der Waals surface area contributed by atoms with E-state index in [4.69, 9.17) is 54.1 Å². The summed E-state index contributed by atoms with van der Waals surface area (Å²) in [5, 5.41) is 9.22. The van der Waals surface area contributed by atoms with Crippen LogP contribution in [0, 0.1) is 71.0 Å². The van der Waals surface area contributed by atoms with Crippen molar-refractivity contribution in [2.45, 2.75) is 77.1 Å². The number of fused-ring (bicyclic) bond motifs is 16. The first kappa shape index (κ1) is 92.6. The molecular formula is C111H82N14O6SiZn2. The second-order valence-corrected chi connectivity index (χ2v) is 37.5. The molecule has 0 aliphatic carbocycles. The van der Waals surface area contributed by atoms with Gasteiger partial charge in [0.15, 0.2) is 0 Å². The normalized spacial score (nSPS) is 11.1. The van der Waals surface area contributed by atoms with Crippen LogP contribution in [-0.2, 0) is 56.5 Å². The van der Waals surface area contributed by atoms with Gasteiger partial charge in [-0.25, -0.2) is 59.4 Å². The molecule has 0 saturated heterocycles. The number of esters is 1. The number of carbonyl (C=O) groups is 2. The molecule has 1 N–H and O–H groups in total. The minimum absolute atomic E-state index is 0. The summed E-state index contributed by atoms with van der Waals surface area (Å²) in [4.78, 5) is 92.0. The van der Waals surface area contributed by atoms with E-state index >= 15 is 0 Å². The number of aromatic carboxylic acids is 1. The molecule has 0 amide bonds. The minimum atomic E-state index is -1.29. The molecule has 0 spiro atoms. The van der Waals surface area contributed by atoms with Crippen molar-refractivity contribution in [1.82, 2.24) is 69.8 Å². The molecule has 16 bridgehead atoms. The average Bonchev–Trinajstić information content (AvgIpc) is 1.64. The first-order valence-corrected chi connectivity index (χ1v) is 47.0. The topological polar surface area (TPSA) is 267 Å². The van der Waals surface area contributed by atoms with Crippen molar-refractivity contribution < 1.29 is 67.9 Å². The van der Waals surface area contributed by atoms with Crippen molar-refractivity contribution in [2.24, 2.45) is 0 Å². The molecule has 12 aromatic heterocycles. The average molecular weight is 1870 g/mol. The van der Waals surface area contributed by atoms with E-state index < -0.39 is 14.0 Å². The molecule has 0 radical (unpaired) electrons. The molecule has 4 aliphatic heterocycles. The molecule has 2 aromatic carbocycles. The molecule has 20 nitrogen and oxygen atoms in total. The van der Waals surface area contributed by atoms with Gasteiger partial charge in [-0.15, -0.1) is 44.1 Å². The summed E-state index contributed by atoms with van der Waals surface area (Å²) in [7, 11) is -1.29. The van der Waals surface area contributed by atoms with Gasteiger partial charge in [-0.05, 0) is 274 Å². The third-order valence-electron chi connectivity index (χ3n) is 21.3. The van der Waals surface area contributed by atoms with Crippen molar-refractivity contribution in [2.75, 3.05) is 19.8 Å². The third kappa shape index (κ3) is 24.3. The number of pyridine rings is 6. The van der Waals surface area contributed by atoms with Gasteiger partial charge in [-0.3, -0.25) is 0 Å². The number of hydrogen-bond donors (Lipinski definition) is 1. The molecule has 18 rings (SSSR count). The van der Waals surface area contributed by atoms with Gasteiger partial charge in [0.2, 0.25) is 0 Å². The van der Waals surface area contributed by atoms with Crippen LogP contribution in [0.25, 0.3) is 92.7 Å². The van der Waals surface area contributed by atoms with Gasteiger partial charge in [0.05, 0.1) is 76.5 Å². The number of ether oxygens (including phenoxy) is 3. The van der Waals surface area contributed by atoms with Gasteiger partial charge in [0.25, 0.3) is 0 Å². The van der Waals surface area contributed by atoms with Crippen molar-refractivity contribution >= 4 is 113 Å². The smallest absolute Gasteiger partial charge is 0.656 e. The van der Waals surface area contributed by atoms with Crippen LogP contribution in [0.4, 0.5) is 0 Å². The first-order chi connectivity index (χ1) is 64.8. The second-order valence-electron chi connectivity index (χ2n) is 31.8. The van der Waals surface area contributed by atoms with E-state index in [1.54, 1.807) is 73.6 Å². The van der Waals surface area contributed by atoms with Gasteiger partial charge in [-0.1, -0.05) is 140 Å². The Balaban J connectivity index is 0.000000202. The van der Waals surface area contributed by atoms with Gasteiger partial charge in [0.1, 0.15) is 45.7 Å². The molecule has 16 heterocycles. The standard InChI is InChI=1S/C58H47N7O3Si.C53H36N7O3.2Zn/c1-69(2,3)40-39-68-58(66)41-17-22-45(23-18-41)67-38-12-4-5-16-46-50-27-29-52(62-50)47(24-19-42-13-6-9-35-59-42)54-31-33-56(64-54)49(26-21-44-15-8-11-37-61-44)57-34-32-55(65-57)48(53-30-28-51(46)63-53)25-20-43-14-7-10-36-60-43;61-53(62)36-14-19-40(20-15-36)63-35-9-1-2-13-41-45-24-26-47(57-45)42(21-16-37-10-3-6-32-54-37)49-28-30-51(59-49)44(23-18-39-12-5-8-34-56-39)52-31-29-50(60-52)43(48-27-25-46(41)58-48)22-17-38-11-4-7-33-55-38;;/h6-11,13-15,17-18,22-23,27-37H,4-5,12,16,38-40H2,1-3H3;3-8,10-12,14-15,19-20,24-34H,1-2,9,13,35H2,(H2-,54,55,56,57,58,59,60,61,62);;/q-2;-1;2*+2/p-1. The van der Waals surface area contributed by atoms with E-state index in [1.807, 2.05) is 218 Å². The van der Waals surface area contributed by atoms with E-state index in [0.717, 1.165) is 78.1 Å². The predicted molar refractivity (Wildman–Crippen MR) is 519 cm³/mol. The maximum Gasteiger partial charge on any atom is 2.00 e. The van der Waals surface area contributed by atoms with E-state index in [1.165, 1.54) is 0 Å². The SMILES string of the molecule is C[Si](C)(C)CCOC(=O)c1ccc(OCCCCCc2c3nc(c(C#Cc4ccccn4)c4ccc([n-]4)c(C#Cc4ccccn4)c4nc(c(C#Cc5ccccn5)c5ccc2[n-]5)C=C4)C=C3)cc1.O=C(O)c1ccc(OCCCCCc2c3nc(c(C#Cc4ccccn4)c4ccc([n-]4)c(C#Cc4ccccn4)c4nc(c(C#Cc5ccccn5)c5ccc2[n-]5)C=C4)C=C3)cc1.[Zn+2].[Zn+2]. The fourth-order valence-corrected chi connectivity index (χ4v) is 15.1. The number of benzene rings is 2. The molecule has 640 valence electrons. The van der Waals surface area contributed by atoms with Crippen molar-refractivity contribution in [3.8, 4) is 82.5 Å². The van der Waals surface area contributed by atoms with Crippen LogP contribution >= 0.6 is 0 Å². The number of carbonyl (C=O) groups excluding carboxylic acids is 1. The minimum Gasteiger partial charge on any atom is -0.656 e. The maximum atomic E-state index is 12.6. The monoisotopic (exact) mass is 1860 g/mol. The quantitative estimate of drug-likeness (QED) is 0.0341. The fraction of sp³-hybridized carbons (Fsp3) is 0.135. The van der Waals surface area contributed by atoms with Crippen LogP contribution < -0.4 is 29.4 Å². The Morgan fingerprint density at radius 1 is 0.299 bits per heavy atom. The van der Waals surface area contributed by atoms with Crippen LogP contribution in [0.1, 0.15) is 183 Å². The predicted octanol–water partition coefficient (Wildman–Crippen LogP) is 19.4. The molecular weight excluding hydrogens is 1780 g/mol. The molecule has 0 unspecified atom stereocenters. The Morgan fingerprint density at radius 3 is 0.828 bits per heavy atom. The number of hydrogen-bond acceptors (Lipinski definition) is 15. The number of aryl methyl sites for hydroxylation is 2. The Labute approximate surface area is 802 Å². The summed E-state index contributed by atoms with van der Waals surface area (Å²) in [6.45, 7) is 8.27. The maximum absolute atomic E-state index is 12.6. The number of nitrogens with zero attached hydrogens (tertiary/aromatic N) is 14. The molecule has 0 fully saturated rings. The second kappa shape index (κ2) is 45.0. The Hall–Kier alpha value is -16.1. The Morgan fingerprint density at radius 2 is 0.560 bits per heavy atom. The molecule has 14 aromatic rings. The zero-order valence-electron chi connectivity index (χ0n) is 73.9. The van der Waals surface area contributed by atoms with Crippen LogP contribution in [-0.4, -0.2) is 94.8 Å². The van der Waals surface area contributed by atoms with Gasteiger partial charge in [0, 0.05) is 78.6 Å². The van der Waals surface area contributed by atoms with Gasteiger partial charge < -0.3 is 39.3 Å². The Bertz CT molecular complexity index is 7510. The third-order valence-corrected chi connectivity index (χ3v) is 23.0. The number of carboxylic acids is 1. The van der Waals surface area contributed by atoms with Crippen molar-refractivity contribution in [3.05, 3.63) is 379 Å². The van der Waals surface area contributed by atoms with Gasteiger partial charge in [-0.2, -0.15) is 0 Å². The van der Waals surface area contributed by atoms with E-state index in [2.05, 4.69) is 121 Å². The van der Waals surface area contributed by atoms with Crippen LogP contribution in [0.5, 0.6) is 11.5 Å². The van der Waals surface area contributed by atoms with Gasteiger partial charge >= 0.3 is 50.9 Å². The van der Waals surface area contributed by atoms with Crippen molar-refractivity contribution in [3.63, 3.8) is 0 Å². The fourth-order valence-electron chi connectivity index (χ4n) is 14.4. The summed E-state index contributed by atoms with van der Waals surface area (Å²) in [5.41, 5.74) is 21.2. The van der Waals surface area contributed by atoms with Crippen LogP contribution in [0.15, 0.2) is 243 Å². The summed E-state index contributed by atoms with van der Waals surface area (Å²) >= 11 is 0. The van der Waals surface area contributed by atoms with E-state index in [9.17, 15) is 14.7 Å². The summed E-state index contributed by atoms with van der Waals surface area (Å²) in [6, 6.07) is 64.1. The molecule has 134 heavy (non-hydrogen) atoms. The van der Waals surface area contributed by atoms with E-state index in [0.29, 0.717) is 185 Å². The Kier molecular flexibility index (Phi) is 31.1. The van der Waals surface area contributed by atoms with Crippen molar-refractivity contribution in [1.29, 1.82) is 0 Å². The summed E-state index contributed by atoms with van der Waals surface area (Å²) in [5.74, 6) is 39.6. The van der Waals surface area contributed by atoms with Crippen LogP contribution in [0.2, 0.25) is 25.7 Å². The van der Waals surface area contributed by atoms with E-state index in [-0.39, 0.29) is 50.5 Å². The first-order valence-electron chi connectivity index (χ1n) is 43.3. The number of aromatic nitrogens is 14. The summed E-state index contributed by atoms with van der Waals surface area (Å²) < 4.78 is 17.5. The zero-order chi connectivity index (χ0) is 90.2. The molecule has 4 aliphatic rings. The summed E-state index contributed by atoms with van der Waals surface area (Å²) in [6.07, 6.45) is 32.6. The number of carboxylic acid groups (broad SMARTS) is 1.